The molecule has 1 atom stereocenters. The Morgan fingerprint density at radius 2 is 2.15 bits per heavy atom. The largest absolute Gasteiger partial charge is 0.351 e. The molecule has 2 heterocycles. The molecule has 0 aliphatic carbocycles. The molecule has 20 heavy (non-hydrogen) atoms. The highest BCUT2D eigenvalue weighted by Gasteiger charge is 2.21. The molecule has 0 radical (unpaired) electrons. The molecule has 1 aliphatic rings. The summed E-state index contributed by atoms with van der Waals surface area (Å²) in [6, 6.07) is 10.0. The Morgan fingerprint density at radius 3 is 2.80 bits per heavy atom. The van der Waals surface area contributed by atoms with Gasteiger partial charge in [0.05, 0.1) is 11.7 Å². The van der Waals surface area contributed by atoms with Gasteiger partial charge in [0, 0.05) is 12.7 Å². The van der Waals surface area contributed by atoms with Gasteiger partial charge in [-0.25, -0.2) is 0 Å². The van der Waals surface area contributed by atoms with Crippen molar-refractivity contribution in [3.8, 4) is 11.3 Å². The first-order chi connectivity index (χ1) is 9.83. The van der Waals surface area contributed by atoms with Crippen molar-refractivity contribution in [2.75, 3.05) is 6.54 Å². The van der Waals surface area contributed by atoms with Gasteiger partial charge >= 0.3 is 0 Å². The predicted molar refractivity (Wildman–Crippen MR) is 76.9 cm³/mol. The summed E-state index contributed by atoms with van der Waals surface area (Å²) in [4.78, 5) is 11.9. The lowest BCUT2D eigenvalue weighted by molar-refractivity contribution is -0.122. The zero-order valence-corrected chi connectivity index (χ0v) is 11.2. The summed E-state index contributed by atoms with van der Waals surface area (Å²) in [7, 11) is 0. The number of nitrogens with zero attached hydrogens (tertiary/aromatic N) is 1. The van der Waals surface area contributed by atoms with Crippen LogP contribution in [0.15, 0.2) is 36.5 Å². The summed E-state index contributed by atoms with van der Waals surface area (Å²) in [5.41, 5.74) is 3.19. The van der Waals surface area contributed by atoms with Crippen molar-refractivity contribution in [1.29, 1.82) is 0 Å². The summed E-state index contributed by atoms with van der Waals surface area (Å²) in [5.74, 6) is 0.0974. The van der Waals surface area contributed by atoms with E-state index >= 15 is 0 Å². The number of carbonyl (C=O) groups is 1. The van der Waals surface area contributed by atoms with Gasteiger partial charge in [-0.1, -0.05) is 24.3 Å². The first-order valence-corrected chi connectivity index (χ1v) is 6.93. The lowest BCUT2D eigenvalue weighted by atomic mass is 10.1. The van der Waals surface area contributed by atoms with Crippen molar-refractivity contribution in [1.82, 2.24) is 20.8 Å². The molecular formula is C15H18N4O. The highest BCUT2D eigenvalue weighted by atomic mass is 16.2. The molecule has 104 valence electrons. The van der Waals surface area contributed by atoms with Gasteiger partial charge in [0.2, 0.25) is 5.91 Å². The van der Waals surface area contributed by atoms with Crippen LogP contribution in [-0.4, -0.2) is 28.7 Å². The van der Waals surface area contributed by atoms with E-state index in [1.54, 1.807) is 6.20 Å². The zero-order chi connectivity index (χ0) is 13.8. The monoisotopic (exact) mass is 270 g/mol. The van der Waals surface area contributed by atoms with Gasteiger partial charge in [-0.2, -0.15) is 5.10 Å². The third-order valence-corrected chi connectivity index (χ3v) is 3.61. The maximum absolute atomic E-state index is 11.9. The minimum absolute atomic E-state index is 0.0146. The van der Waals surface area contributed by atoms with Crippen LogP contribution in [0.25, 0.3) is 11.3 Å². The number of nitrogens with one attached hydrogen (secondary N) is 3. The molecule has 1 aromatic carbocycles. The molecule has 0 unspecified atom stereocenters. The Labute approximate surface area is 117 Å². The van der Waals surface area contributed by atoms with E-state index in [1.807, 2.05) is 30.3 Å². The third kappa shape index (κ3) is 2.88. The molecule has 1 amide bonds. The SMILES string of the molecule is O=C(NCc1ccc(-c2ccn[nH]2)cc1)[C@@H]1CCCN1. The van der Waals surface area contributed by atoms with Crippen LogP contribution in [0.2, 0.25) is 0 Å². The Balaban J connectivity index is 1.57. The minimum Gasteiger partial charge on any atom is -0.351 e. The second-order valence-electron chi connectivity index (χ2n) is 5.03. The third-order valence-electron chi connectivity index (χ3n) is 3.61. The Morgan fingerprint density at radius 1 is 1.30 bits per heavy atom. The van der Waals surface area contributed by atoms with E-state index in [0.717, 1.165) is 36.2 Å². The van der Waals surface area contributed by atoms with Crippen LogP contribution in [0.4, 0.5) is 0 Å². The highest BCUT2D eigenvalue weighted by molar-refractivity contribution is 5.82. The molecule has 3 rings (SSSR count). The maximum Gasteiger partial charge on any atom is 0.237 e. The van der Waals surface area contributed by atoms with Crippen LogP contribution in [0.1, 0.15) is 18.4 Å². The fourth-order valence-corrected chi connectivity index (χ4v) is 2.44. The lowest BCUT2D eigenvalue weighted by Gasteiger charge is -2.11. The Bertz CT molecular complexity index is 556. The van der Waals surface area contributed by atoms with Crippen LogP contribution in [0.3, 0.4) is 0 Å². The van der Waals surface area contributed by atoms with E-state index in [1.165, 1.54) is 0 Å². The molecule has 1 saturated heterocycles. The van der Waals surface area contributed by atoms with Crippen molar-refractivity contribution in [2.45, 2.75) is 25.4 Å². The minimum atomic E-state index is -0.0146. The number of aromatic amines is 1. The second-order valence-corrected chi connectivity index (χ2v) is 5.03. The molecule has 0 bridgehead atoms. The first-order valence-electron chi connectivity index (χ1n) is 6.93. The van der Waals surface area contributed by atoms with Gasteiger partial charge in [0.25, 0.3) is 0 Å². The lowest BCUT2D eigenvalue weighted by Crippen LogP contribution is -2.39. The molecular weight excluding hydrogens is 252 g/mol. The summed E-state index contributed by atoms with van der Waals surface area (Å²) in [6.45, 7) is 1.51. The van der Waals surface area contributed by atoms with Gasteiger partial charge < -0.3 is 10.6 Å². The number of hydrogen-bond donors (Lipinski definition) is 3. The number of hydrogen-bond acceptors (Lipinski definition) is 3. The fourth-order valence-electron chi connectivity index (χ4n) is 2.44. The topological polar surface area (TPSA) is 69.8 Å². The van der Waals surface area contributed by atoms with Crippen molar-refractivity contribution < 1.29 is 4.79 Å². The van der Waals surface area contributed by atoms with Crippen LogP contribution < -0.4 is 10.6 Å². The average Bonchev–Trinajstić information content (AvgIpc) is 3.18. The van der Waals surface area contributed by atoms with Crippen molar-refractivity contribution in [3.63, 3.8) is 0 Å². The molecule has 0 saturated carbocycles. The van der Waals surface area contributed by atoms with Gasteiger partial charge in [-0.3, -0.25) is 9.89 Å². The number of benzene rings is 1. The number of aromatic nitrogens is 2. The van der Waals surface area contributed by atoms with Crippen molar-refractivity contribution in [3.05, 3.63) is 42.1 Å². The quantitative estimate of drug-likeness (QED) is 0.787. The summed E-state index contributed by atoms with van der Waals surface area (Å²) in [5, 5.41) is 13.0. The van der Waals surface area contributed by atoms with E-state index in [0.29, 0.717) is 6.54 Å². The van der Waals surface area contributed by atoms with E-state index in [2.05, 4.69) is 20.8 Å². The zero-order valence-electron chi connectivity index (χ0n) is 11.2. The number of carbonyl (C=O) groups excluding carboxylic acids is 1. The van der Waals surface area contributed by atoms with Crippen LogP contribution in [0.5, 0.6) is 0 Å². The van der Waals surface area contributed by atoms with Crippen LogP contribution in [0, 0.1) is 0 Å². The van der Waals surface area contributed by atoms with E-state index in [-0.39, 0.29) is 11.9 Å². The van der Waals surface area contributed by atoms with Crippen LogP contribution in [-0.2, 0) is 11.3 Å². The van der Waals surface area contributed by atoms with Crippen LogP contribution >= 0.6 is 0 Å². The summed E-state index contributed by atoms with van der Waals surface area (Å²) < 4.78 is 0. The smallest absolute Gasteiger partial charge is 0.237 e. The van der Waals surface area contributed by atoms with Gasteiger partial charge in [-0.15, -0.1) is 0 Å². The maximum atomic E-state index is 11.9. The molecule has 0 spiro atoms. The fraction of sp³-hybridized carbons (Fsp3) is 0.333. The molecule has 1 aromatic heterocycles. The molecule has 5 nitrogen and oxygen atoms in total. The molecule has 1 aliphatic heterocycles. The van der Waals surface area contributed by atoms with E-state index in [4.69, 9.17) is 0 Å². The first kappa shape index (κ1) is 12.9. The number of amides is 1. The van der Waals surface area contributed by atoms with E-state index < -0.39 is 0 Å². The molecule has 1 fully saturated rings. The summed E-state index contributed by atoms with van der Waals surface area (Å²) >= 11 is 0. The summed E-state index contributed by atoms with van der Waals surface area (Å²) in [6.07, 6.45) is 3.75. The van der Waals surface area contributed by atoms with Gasteiger partial charge in [0.1, 0.15) is 0 Å². The van der Waals surface area contributed by atoms with Gasteiger partial charge in [0.15, 0.2) is 0 Å². The Hall–Kier alpha value is -2.14. The normalized spacial score (nSPS) is 18.1. The molecule has 5 heteroatoms. The Kier molecular flexibility index (Phi) is 3.78. The number of H-pyrrole nitrogens is 1. The van der Waals surface area contributed by atoms with Crippen molar-refractivity contribution >= 4 is 5.91 Å². The molecule has 2 aromatic rings. The highest BCUT2D eigenvalue weighted by Crippen LogP contribution is 2.16. The standard InChI is InChI=1S/C15H18N4O/c20-15(14-2-1-8-16-14)17-10-11-3-5-12(6-4-11)13-7-9-18-19-13/h3-7,9,14,16H,1-2,8,10H2,(H,17,20)(H,18,19)/t14-/m0/s1. The predicted octanol–water partition coefficient (Wildman–Crippen LogP) is 1.44. The van der Waals surface area contributed by atoms with Gasteiger partial charge in [-0.05, 0) is 36.6 Å². The van der Waals surface area contributed by atoms with Crippen molar-refractivity contribution in [2.24, 2.45) is 0 Å². The molecule has 3 N–H and O–H groups in total. The average molecular weight is 270 g/mol. The second kappa shape index (κ2) is 5.88. The van der Waals surface area contributed by atoms with E-state index in [9.17, 15) is 4.79 Å². The number of rotatable bonds is 4.